The Labute approximate surface area is 146 Å². The van der Waals surface area contributed by atoms with Crippen LogP contribution in [0.4, 0.5) is 0 Å². The molecule has 25 heavy (non-hydrogen) atoms. The molecule has 0 bridgehead atoms. The summed E-state index contributed by atoms with van der Waals surface area (Å²) in [5, 5.41) is 13.8. The number of benzene rings is 1. The van der Waals surface area contributed by atoms with Crippen LogP contribution in [0.25, 0.3) is 10.9 Å². The van der Waals surface area contributed by atoms with Crippen LogP contribution in [0.15, 0.2) is 54.9 Å². The van der Waals surface area contributed by atoms with Crippen molar-refractivity contribution in [3.8, 4) is 0 Å². The highest BCUT2D eigenvalue weighted by molar-refractivity contribution is 6.06. The predicted molar refractivity (Wildman–Crippen MR) is 96.1 cm³/mol. The molecule has 1 amide bonds. The number of aryl methyl sites for hydroxylation is 1. The molecule has 1 aliphatic carbocycles. The van der Waals surface area contributed by atoms with Crippen LogP contribution in [0.3, 0.4) is 0 Å². The molecule has 3 aromatic rings. The second kappa shape index (κ2) is 6.33. The van der Waals surface area contributed by atoms with Crippen LogP contribution >= 0.6 is 0 Å². The zero-order valence-electron chi connectivity index (χ0n) is 14.1. The zero-order valence-corrected chi connectivity index (χ0v) is 14.1. The minimum atomic E-state index is -0.273. The first kappa shape index (κ1) is 15.8. The minimum absolute atomic E-state index is 0.103. The Morgan fingerprint density at radius 2 is 2.08 bits per heavy atom. The molecule has 1 fully saturated rings. The Morgan fingerprint density at radius 3 is 2.80 bits per heavy atom. The van der Waals surface area contributed by atoms with Crippen molar-refractivity contribution >= 4 is 16.8 Å². The second-order valence-corrected chi connectivity index (χ2v) is 6.76. The normalized spacial score (nSPS) is 20.9. The first-order valence-electron chi connectivity index (χ1n) is 8.57. The van der Waals surface area contributed by atoms with Gasteiger partial charge >= 0.3 is 0 Å². The molecule has 0 spiro atoms. The molecule has 5 nitrogen and oxygen atoms in total. The van der Waals surface area contributed by atoms with Crippen LogP contribution in [-0.2, 0) is 7.05 Å². The molecule has 2 N–H and O–H groups in total. The van der Waals surface area contributed by atoms with Gasteiger partial charge in [-0.25, -0.2) is 0 Å². The summed E-state index contributed by atoms with van der Waals surface area (Å²) in [5.41, 5.74) is 2.54. The van der Waals surface area contributed by atoms with Crippen LogP contribution in [0.5, 0.6) is 0 Å². The van der Waals surface area contributed by atoms with E-state index in [4.69, 9.17) is 0 Å². The molecule has 128 valence electrons. The van der Waals surface area contributed by atoms with Crippen LogP contribution in [0, 0.1) is 5.92 Å². The van der Waals surface area contributed by atoms with Gasteiger partial charge in [-0.3, -0.25) is 9.78 Å². The molecule has 0 radical (unpaired) electrons. The van der Waals surface area contributed by atoms with E-state index in [2.05, 4.69) is 10.3 Å². The first-order chi connectivity index (χ1) is 12.1. The fourth-order valence-electron chi connectivity index (χ4n) is 3.61. The Morgan fingerprint density at radius 1 is 1.24 bits per heavy atom. The Balaban J connectivity index is 1.64. The van der Waals surface area contributed by atoms with Gasteiger partial charge in [0.2, 0.25) is 0 Å². The number of carbonyl (C=O) groups is 1. The SMILES string of the molecule is Cn1ccc2c(C(=O)N[C@H](c3ccccn3)C3CC(O)C3)cccc21. The lowest BCUT2D eigenvalue weighted by molar-refractivity contribution is 0.0228. The van der Waals surface area contributed by atoms with Gasteiger partial charge in [0.25, 0.3) is 5.91 Å². The van der Waals surface area contributed by atoms with E-state index in [-0.39, 0.29) is 24.0 Å². The molecule has 2 heterocycles. The number of aliphatic hydroxyl groups excluding tert-OH is 1. The number of rotatable bonds is 4. The van der Waals surface area contributed by atoms with E-state index in [0.717, 1.165) is 16.6 Å². The molecular weight excluding hydrogens is 314 g/mol. The standard InChI is InChI=1S/C20H21N3O2/c1-23-10-8-15-16(5-4-7-18(15)23)20(25)22-19(13-11-14(24)12-13)17-6-2-3-9-21-17/h2-10,13-14,19,24H,11-12H2,1H3,(H,22,25)/t13?,14?,19-/m0/s1. The molecule has 1 aromatic carbocycles. The van der Waals surface area contributed by atoms with E-state index >= 15 is 0 Å². The largest absolute Gasteiger partial charge is 0.393 e. The summed E-state index contributed by atoms with van der Waals surface area (Å²) in [7, 11) is 1.97. The number of hydrogen-bond acceptors (Lipinski definition) is 3. The molecule has 1 aliphatic rings. The lowest BCUT2D eigenvalue weighted by Gasteiger charge is -2.37. The number of nitrogens with zero attached hydrogens (tertiary/aromatic N) is 2. The average molecular weight is 335 g/mol. The summed E-state index contributed by atoms with van der Waals surface area (Å²) in [5.74, 6) is 0.109. The van der Waals surface area contributed by atoms with E-state index in [1.807, 2.05) is 60.3 Å². The highest BCUT2D eigenvalue weighted by atomic mass is 16.3. The van der Waals surface area contributed by atoms with Crippen LogP contribution < -0.4 is 5.32 Å². The molecule has 4 rings (SSSR count). The Bertz CT molecular complexity index is 898. The summed E-state index contributed by atoms with van der Waals surface area (Å²) < 4.78 is 2.00. The van der Waals surface area contributed by atoms with E-state index < -0.39 is 0 Å². The number of pyridine rings is 1. The highest BCUT2D eigenvalue weighted by Crippen LogP contribution is 2.37. The lowest BCUT2D eigenvalue weighted by Crippen LogP contribution is -2.41. The third kappa shape index (κ3) is 2.91. The number of carbonyl (C=O) groups excluding carboxylic acids is 1. The number of amides is 1. The maximum Gasteiger partial charge on any atom is 0.252 e. The van der Waals surface area contributed by atoms with Gasteiger partial charge in [0.1, 0.15) is 0 Å². The quantitative estimate of drug-likeness (QED) is 0.770. The fourth-order valence-corrected chi connectivity index (χ4v) is 3.61. The van der Waals surface area contributed by atoms with Crippen molar-refractivity contribution in [1.82, 2.24) is 14.9 Å². The van der Waals surface area contributed by atoms with Gasteiger partial charge < -0.3 is 15.0 Å². The second-order valence-electron chi connectivity index (χ2n) is 6.76. The van der Waals surface area contributed by atoms with Crippen LogP contribution in [0.1, 0.15) is 34.9 Å². The number of fused-ring (bicyclic) bond motifs is 1. The van der Waals surface area contributed by atoms with Crippen molar-refractivity contribution in [2.24, 2.45) is 13.0 Å². The number of hydrogen-bond donors (Lipinski definition) is 2. The molecule has 0 unspecified atom stereocenters. The Kier molecular flexibility index (Phi) is 4.01. The van der Waals surface area contributed by atoms with Gasteiger partial charge in [0.15, 0.2) is 0 Å². The number of nitrogens with one attached hydrogen (secondary N) is 1. The first-order valence-corrected chi connectivity index (χ1v) is 8.57. The number of aliphatic hydroxyl groups is 1. The summed E-state index contributed by atoms with van der Waals surface area (Å²) in [6.07, 6.45) is 4.81. The molecular formula is C20H21N3O2. The molecule has 5 heteroatoms. The van der Waals surface area contributed by atoms with Gasteiger partial charge in [-0.15, -0.1) is 0 Å². The van der Waals surface area contributed by atoms with Gasteiger partial charge in [-0.1, -0.05) is 12.1 Å². The maximum atomic E-state index is 13.0. The van der Waals surface area contributed by atoms with Gasteiger partial charge in [-0.2, -0.15) is 0 Å². The van der Waals surface area contributed by atoms with Crippen molar-refractivity contribution in [2.75, 3.05) is 0 Å². The maximum absolute atomic E-state index is 13.0. The predicted octanol–water partition coefficient (Wildman–Crippen LogP) is 2.82. The van der Waals surface area contributed by atoms with E-state index in [0.29, 0.717) is 18.4 Å². The number of aromatic nitrogens is 2. The Hall–Kier alpha value is -2.66. The summed E-state index contributed by atoms with van der Waals surface area (Å²) in [6.45, 7) is 0. The van der Waals surface area contributed by atoms with E-state index in [1.165, 1.54) is 0 Å². The summed E-state index contributed by atoms with van der Waals surface area (Å²) in [6, 6.07) is 13.3. The monoisotopic (exact) mass is 335 g/mol. The summed E-state index contributed by atoms with van der Waals surface area (Å²) >= 11 is 0. The smallest absolute Gasteiger partial charge is 0.252 e. The third-order valence-corrected chi connectivity index (χ3v) is 5.09. The average Bonchev–Trinajstić information content (AvgIpc) is 2.99. The minimum Gasteiger partial charge on any atom is -0.393 e. The van der Waals surface area contributed by atoms with Crippen molar-refractivity contribution in [1.29, 1.82) is 0 Å². The van der Waals surface area contributed by atoms with Crippen molar-refractivity contribution in [3.05, 3.63) is 66.1 Å². The summed E-state index contributed by atoms with van der Waals surface area (Å²) in [4.78, 5) is 17.4. The lowest BCUT2D eigenvalue weighted by atomic mass is 9.76. The highest BCUT2D eigenvalue weighted by Gasteiger charge is 2.36. The van der Waals surface area contributed by atoms with Crippen LogP contribution in [-0.4, -0.2) is 26.7 Å². The van der Waals surface area contributed by atoms with Gasteiger partial charge in [-0.05, 0) is 49.1 Å². The van der Waals surface area contributed by atoms with Crippen molar-refractivity contribution in [3.63, 3.8) is 0 Å². The third-order valence-electron chi connectivity index (χ3n) is 5.09. The van der Waals surface area contributed by atoms with Gasteiger partial charge in [0, 0.05) is 35.9 Å². The zero-order chi connectivity index (χ0) is 17.4. The van der Waals surface area contributed by atoms with Crippen molar-refractivity contribution < 1.29 is 9.90 Å². The van der Waals surface area contributed by atoms with E-state index in [9.17, 15) is 9.90 Å². The fraction of sp³-hybridized carbons (Fsp3) is 0.300. The van der Waals surface area contributed by atoms with Crippen LogP contribution in [0.2, 0.25) is 0 Å². The molecule has 2 aromatic heterocycles. The molecule has 1 saturated carbocycles. The topological polar surface area (TPSA) is 67.2 Å². The molecule has 0 saturated heterocycles. The van der Waals surface area contributed by atoms with E-state index in [1.54, 1.807) is 6.20 Å². The molecule has 0 aliphatic heterocycles. The molecule has 1 atom stereocenters. The van der Waals surface area contributed by atoms with Crippen molar-refractivity contribution in [2.45, 2.75) is 25.0 Å². The van der Waals surface area contributed by atoms with Gasteiger partial charge in [0.05, 0.1) is 17.8 Å².